The van der Waals surface area contributed by atoms with Gasteiger partial charge in [0.1, 0.15) is 5.78 Å². The lowest BCUT2D eigenvalue weighted by Crippen LogP contribution is -2.11. The maximum absolute atomic E-state index is 10.8. The topological polar surface area (TPSA) is 20.3 Å². The largest absolute Gasteiger partial charge is 0.300 e. The molecule has 1 saturated heterocycles. The van der Waals surface area contributed by atoms with E-state index in [1.807, 2.05) is 3.93 Å². The number of rotatable bonds is 0. The zero-order chi connectivity index (χ0) is 6.69. The predicted molar refractivity (Wildman–Crippen MR) is 39.4 cm³/mol. The summed E-state index contributed by atoms with van der Waals surface area (Å²) in [6.45, 7) is 1.88. The molecular weight excluding hydrogens is 182 g/mol. The van der Waals surface area contributed by atoms with Crippen LogP contribution in [0.25, 0.3) is 0 Å². The second-order valence-corrected chi connectivity index (χ2v) is 3.31. The van der Waals surface area contributed by atoms with Crippen molar-refractivity contribution >= 4 is 21.9 Å². The van der Waals surface area contributed by atoms with E-state index in [0.717, 1.165) is 25.9 Å². The molecule has 1 aliphatic rings. The van der Waals surface area contributed by atoms with Crippen LogP contribution in [0, 0.1) is 0 Å². The molecule has 0 saturated carbocycles. The molecule has 2 nitrogen and oxygen atoms in total. The van der Waals surface area contributed by atoms with Crippen molar-refractivity contribution in [1.82, 2.24) is 3.93 Å². The molecule has 1 fully saturated rings. The Bertz CT molecular complexity index is 116. The van der Waals surface area contributed by atoms with Gasteiger partial charge < -0.3 is 0 Å². The van der Waals surface area contributed by atoms with E-state index in [0.29, 0.717) is 12.2 Å². The molecule has 0 bridgehead atoms. The lowest BCUT2D eigenvalue weighted by atomic mass is 10.2. The molecule has 9 heavy (non-hydrogen) atoms. The summed E-state index contributed by atoms with van der Waals surface area (Å²) in [6, 6.07) is 0. The van der Waals surface area contributed by atoms with Crippen LogP contribution in [0.3, 0.4) is 0 Å². The van der Waals surface area contributed by atoms with Crippen LogP contribution >= 0.6 is 16.1 Å². The highest BCUT2D eigenvalue weighted by Gasteiger charge is 2.10. The maximum Gasteiger partial charge on any atom is 0.134 e. The Balaban J connectivity index is 2.34. The summed E-state index contributed by atoms with van der Waals surface area (Å²) >= 11 is 3.35. The molecule has 52 valence electrons. The van der Waals surface area contributed by atoms with Crippen molar-refractivity contribution in [3.05, 3.63) is 0 Å². The number of hydrogen-bond acceptors (Lipinski definition) is 2. The summed E-state index contributed by atoms with van der Waals surface area (Å²) in [5, 5.41) is 0. The first-order chi connectivity index (χ1) is 4.29. The lowest BCUT2D eigenvalue weighted by molar-refractivity contribution is -0.118. The van der Waals surface area contributed by atoms with Crippen molar-refractivity contribution in [2.75, 3.05) is 13.1 Å². The Hall–Kier alpha value is 0.110. The van der Waals surface area contributed by atoms with Crippen LogP contribution < -0.4 is 0 Å². The van der Waals surface area contributed by atoms with Crippen molar-refractivity contribution in [3.63, 3.8) is 0 Å². The molecule has 0 aliphatic carbocycles. The zero-order valence-corrected chi connectivity index (χ0v) is 6.85. The number of hydrogen-bond donors (Lipinski definition) is 0. The van der Waals surface area contributed by atoms with Crippen LogP contribution in [0.5, 0.6) is 0 Å². The second kappa shape index (κ2) is 3.32. The highest BCUT2D eigenvalue weighted by molar-refractivity contribution is 9.07. The average molecular weight is 192 g/mol. The summed E-state index contributed by atoms with van der Waals surface area (Å²) in [4.78, 5) is 10.8. The average Bonchev–Trinajstić information content (AvgIpc) is 1.97. The van der Waals surface area contributed by atoms with Gasteiger partial charge in [0, 0.05) is 42.1 Å². The fourth-order valence-electron chi connectivity index (χ4n) is 0.931. The van der Waals surface area contributed by atoms with Gasteiger partial charge in [-0.05, 0) is 6.42 Å². The van der Waals surface area contributed by atoms with Gasteiger partial charge in [-0.15, -0.1) is 0 Å². The molecule has 3 heteroatoms. The normalized spacial score (nSPS) is 23.9. The molecule has 0 radical (unpaired) electrons. The van der Waals surface area contributed by atoms with Gasteiger partial charge in [-0.25, -0.2) is 3.93 Å². The zero-order valence-electron chi connectivity index (χ0n) is 5.27. The molecule has 0 aromatic carbocycles. The molecule has 0 aromatic rings. The van der Waals surface area contributed by atoms with E-state index < -0.39 is 0 Å². The van der Waals surface area contributed by atoms with Crippen LogP contribution in [-0.4, -0.2) is 22.8 Å². The summed E-state index contributed by atoms with van der Waals surface area (Å²) < 4.78 is 2.03. The fraction of sp³-hybridized carbons (Fsp3) is 0.833. The molecule has 0 spiro atoms. The third-order valence-electron chi connectivity index (χ3n) is 1.49. The Morgan fingerprint density at radius 2 is 2.11 bits per heavy atom. The van der Waals surface area contributed by atoms with E-state index in [4.69, 9.17) is 0 Å². The highest BCUT2D eigenvalue weighted by atomic mass is 79.9. The van der Waals surface area contributed by atoms with Gasteiger partial charge in [-0.1, -0.05) is 0 Å². The first kappa shape index (κ1) is 7.22. The molecular formula is C6H10BrNO. The van der Waals surface area contributed by atoms with Gasteiger partial charge in [0.2, 0.25) is 0 Å². The van der Waals surface area contributed by atoms with Gasteiger partial charge >= 0.3 is 0 Å². The third kappa shape index (κ3) is 2.45. The van der Waals surface area contributed by atoms with Crippen molar-refractivity contribution in [3.8, 4) is 0 Å². The van der Waals surface area contributed by atoms with Crippen molar-refractivity contribution < 1.29 is 4.79 Å². The smallest absolute Gasteiger partial charge is 0.134 e. The first-order valence-corrected chi connectivity index (χ1v) is 3.92. The summed E-state index contributed by atoms with van der Waals surface area (Å²) in [7, 11) is 0. The van der Waals surface area contributed by atoms with Crippen LogP contribution in [-0.2, 0) is 4.79 Å². The fourth-order valence-corrected chi connectivity index (χ4v) is 1.36. The minimum atomic E-state index is 0.400. The minimum Gasteiger partial charge on any atom is -0.300 e. The highest BCUT2D eigenvalue weighted by Crippen LogP contribution is 2.09. The van der Waals surface area contributed by atoms with Crippen molar-refractivity contribution in [2.45, 2.75) is 19.3 Å². The van der Waals surface area contributed by atoms with Crippen LogP contribution in [0.1, 0.15) is 19.3 Å². The number of halogens is 1. The summed E-state index contributed by atoms with van der Waals surface area (Å²) in [6.07, 6.45) is 2.48. The van der Waals surface area contributed by atoms with E-state index >= 15 is 0 Å². The molecule has 0 unspecified atom stereocenters. The first-order valence-electron chi connectivity index (χ1n) is 3.21. The summed E-state index contributed by atoms with van der Waals surface area (Å²) in [5.74, 6) is 0.400. The lowest BCUT2D eigenvalue weighted by Gasteiger charge is -2.06. The number of Topliss-reactive ketones (excluding diaryl/α,β-unsaturated/α-hetero) is 1. The second-order valence-electron chi connectivity index (χ2n) is 2.30. The van der Waals surface area contributed by atoms with Gasteiger partial charge in [0.05, 0.1) is 0 Å². The third-order valence-corrected chi connectivity index (χ3v) is 2.20. The van der Waals surface area contributed by atoms with Crippen molar-refractivity contribution in [2.24, 2.45) is 0 Å². The molecule has 0 N–H and O–H groups in total. The van der Waals surface area contributed by atoms with E-state index in [-0.39, 0.29) is 0 Å². The molecule has 0 atom stereocenters. The van der Waals surface area contributed by atoms with E-state index in [1.165, 1.54) is 0 Å². The number of ketones is 1. The maximum atomic E-state index is 10.8. The molecule has 0 amide bonds. The number of nitrogens with zero attached hydrogens (tertiary/aromatic N) is 1. The van der Waals surface area contributed by atoms with Gasteiger partial charge in [0.25, 0.3) is 0 Å². The Labute approximate surface area is 63.6 Å². The quantitative estimate of drug-likeness (QED) is 0.540. The standard InChI is InChI=1S/C6H10BrNO/c7-8-4-1-2-6(9)3-5-8/h1-5H2. The summed E-state index contributed by atoms with van der Waals surface area (Å²) in [5.41, 5.74) is 0. The Morgan fingerprint density at radius 3 is 2.89 bits per heavy atom. The SMILES string of the molecule is O=C1CCCN(Br)CC1. The van der Waals surface area contributed by atoms with Gasteiger partial charge in [0.15, 0.2) is 0 Å². The van der Waals surface area contributed by atoms with Crippen LogP contribution in [0.15, 0.2) is 0 Å². The monoisotopic (exact) mass is 191 g/mol. The van der Waals surface area contributed by atoms with Crippen molar-refractivity contribution in [1.29, 1.82) is 0 Å². The van der Waals surface area contributed by atoms with Crippen LogP contribution in [0.2, 0.25) is 0 Å². The molecule has 1 rings (SSSR count). The Morgan fingerprint density at radius 1 is 1.33 bits per heavy atom. The molecule has 0 aromatic heterocycles. The Kier molecular flexibility index (Phi) is 2.66. The molecule has 1 heterocycles. The predicted octanol–water partition coefficient (Wildman–Crippen LogP) is 1.35. The van der Waals surface area contributed by atoms with Gasteiger partial charge in [-0.3, -0.25) is 4.79 Å². The van der Waals surface area contributed by atoms with E-state index in [1.54, 1.807) is 0 Å². The number of carbonyl (C=O) groups excluding carboxylic acids is 1. The van der Waals surface area contributed by atoms with Gasteiger partial charge in [-0.2, -0.15) is 0 Å². The van der Waals surface area contributed by atoms with E-state index in [9.17, 15) is 4.79 Å². The minimum absolute atomic E-state index is 0.400. The molecule has 1 aliphatic heterocycles. The van der Waals surface area contributed by atoms with Crippen LogP contribution in [0.4, 0.5) is 0 Å². The van der Waals surface area contributed by atoms with E-state index in [2.05, 4.69) is 16.1 Å². The number of carbonyl (C=O) groups is 1.